The molecule has 0 aliphatic rings. The molecule has 0 amide bonds. The summed E-state index contributed by atoms with van der Waals surface area (Å²) in [6, 6.07) is 0. The van der Waals surface area contributed by atoms with Crippen LogP contribution in [-0.2, 0) is 0 Å². The molecule has 1 aromatic heterocycles. The van der Waals surface area contributed by atoms with E-state index < -0.39 is 0 Å². The molecule has 0 saturated heterocycles. The van der Waals surface area contributed by atoms with Crippen LogP contribution in [0.1, 0.15) is 5.56 Å². The van der Waals surface area contributed by atoms with Crippen molar-refractivity contribution in [2.75, 3.05) is 0 Å². The summed E-state index contributed by atoms with van der Waals surface area (Å²) in [5.74, 6) is 0. The average Bonchev–Trinajstić information content (AvgIpc) is 1.86. The van der Waals surface area contributed by atoms with Crippen LogP contribution < -0.4 is 0 Å². The molecule has 1 aromatic rings. The summed E-state index contributed by atoms with van der Waals surface area (Å²) in [5.41, 5.74) is 1.31. The van der Waals surface area contributed by atoms with Gasteiger partial charge in [0.2, 0.25) is 0 Å². The Kier molecular flexibility index (Phi) is 1.08. The summed E-state index contributed by atoms with van der Waals surface area (Å²) >= 11 is 0.448. The van der Waals surface area contributed by atoms with Gasteiger partial charge in [-0.1, -0.05) is 0 Å². The van der Waals surface area contributed by atoms with Crippen molar-refractivity contribution < 1.29 is 0 Å². The molecule has 0 spiro atoms. The molecule has 0 saturated carbocycles. The van der Waals surface area contributed by atoms with Crippen molar-refractivity contribution in [2.24, 2.45) is 0 Å². The van der Waals surface area contributed by atoms with Crippen LogP contribution in [0, 0.1) is 6.92 Å². The molecular formula is C4H5NSe. The van der Waals surface area contributed by atoms with Gasteiger partial charge < -0.3 is 0 Å². The minimum atomic E-state index is 0.448. The van der Waals surface area contributed by atoms with Crippen molar-refractivity contribution in [1.29, 1.82) is 0 Å². The summed E-state index contributed by atoms with van der Waals surface area (Å²) in [6.45, 7) is 2.07. The van der Waals surface area contributed by atoms with Gasteiger partial charge in [-0.2, -0.15) is 0 Å². The van der Waals surface area contributed by atoms with Crippen molar-refractivity contribution >= 4 is 14.7 Å². The van der Waals surface area contributed by atoms with Gasteiger partial charge in [-0.3, -0.25) is 0 Å². The van der Waals surface area contributed by atoms with Crippen LogP contribution >= 0.6 is 0 Å². The van der Waals surface area contributed by atoms with Crippen molar-refractivity contribution in [3.63, 3.8) is 0 Å². The van der Waals surface area contributed by atoms with E-state index in [-0.39, 0.29) is 0 Å². The molecular weight excluding hydrogens is 141 g/mol. The van der Waals surface area contributed by atoms with E-state index in [0.717, 1.165) is 0 Å². The first-order chi connectivity index (χ1) is 2.89. The second-order valence-electron chi connectivity index (χ2n) is 1.20. The van der Waals surface area contributed by atoms with Crippen LogP contribution in [0.15, 0.2) is 11.1 Å². The second kappa shape index (κ2) is 1.59. The zero-order valence-corrected chi connectivity index (χ0v) is 5.22. The summed E-state index contributed by atoms with van der Waals surface area (Å²) in [5, 5.41) is 0. The molecule has 0 N–H and O–H groups in total. The van der Waals surface area contributed by atoms with Gasteiger partial charge in [0.1, 0.15) is 0 Å². The van der Waals surface area contributed by atoms with Crippen LogP contribution in [-0.4, -0.2) is 18.7 Å². The molecule has 0 bridgehead atoms. The SMILES string of the molecule is Cc1cn[se]c1. The zero-order valence-electron chi connectivity index (χ0n) is 3.51. The number of hydrogen-bond donors (Lipinski definition) is 0. The first-order valence-electron chi connectivity index (χ1n) is 1.75. The van der Waals surface area contributed by atoms with Crippen molar-refractivity contribution in [3.05, 3.63) is 16.7 Å². The summed E-state index contributed by atoms with van der Waals surface area (Å²) in [7, 11) is 0. The number of rotatable bonds is 0. The third-order valence-corrected chi connectivity index (χ3v) is 2.03. The van der Waals surface area contributed by atoms with E-state index in [4.69, 9.17) is 0 Å². The molecule has 1 rings (SSSR count). The van der Waals surface area contributed by atoms with E-state index in [2.05, 4.69) is 15.8 Å². The predicted octanol–water partition coefficient (Wildman–Crippen LogP) is 0.447. The molecule has 0 unspecified atom stereocenters. The first kappa shape index (κ1) is 4.10. The predicted molar refractivity (Wildman–Crippen MR) is 25.9 cm³/mol. The molecule has 1 nitrogen and oxygen atoms in total. The Balaban J connectivity index is 3.05. The standard InChI is InChI=1S/C4H5NSe/c1-4-2-5-6-3-4/h2-3H,1H3. The van der Waals surface area contributed by atoms with Gasteiger partial charge in [0.25, 0.3) is 0 Å². The van der Waals surface area contributed by atoms with E-state index in [9.17, 15) is 0 Å². The van der Waals surface area contributed by atoms with Gasteiger partial charge in [0, 0.05) is 0 Å². The fraction of sp³-hybridized carbons (Fsp3) is 0.250. The topological polar surface area (TPSA) is 12.9 Å². The molecule has 0 atom stereocenters. The maximum absolute atomic E-state index is 4.01. The molecule has 6 heavy (non-hydrogen) atoms. The first-order valence-corrected chi connectivity index (χ1v) is 3.51. The average molecular weight is 146 g/mol. The van der Waals surface area contributed by atoms with Crippen LogP contribution in [0.2, 0.25) is 0 Å². The Labute approximate surface area is 43.0 Å². The van der Waals surface area contributed by atoms with Crippen molar-refractivity contribution in [3.8, 4) is 0 Å². The fourth-order valence-electron chi connectivity index (χ4n) is 0.258. The quantitative estimate of drug-likeness (QED) is 0.484. The van der Waals surface area contributed by atoms with Crippen molar-refractivity contribution in [2.45, 2.75) is 6.92 Å². The normalized spacial score (nSPS) is 8.83. The van der Waals surface area contributed by atoms with E-state index >= 15 is 0 Å². The van der Waals surface area contributed by atoms with E-state index in [1.54, 1.807) is 0 Å². The zero-order chi connectivity index (χ0) is 4.41. The van der Waals surface area contributed by atoms with E-state index in [1.807, 2.05) is 6.20 Å². The summed E-state index contributed by atoms with van der Waals surface area (Å²) < 4.78 is 4.01. The van der Waals surface area contributed by atoms with Gasteiger partial charge in [0.15, 0.2) is 0 Å². The number of hydrogen-bond acceptors (Lipinski definition) is 1. The fourth-order valence-corrected chi connectivity index (χ4v) is 1.34. The molecule has 0 aromatic carbocycles. The monoisotopic (exact) mass is 147 g/mol. The number of nitrogens with zero attached hydrogens (tertiary/aromatic N) is 1. The van der Waals surface area contributed by atoms with Gasteiger partial charge in [-0.25, -0.2) is 0 Å². The molecule has 0 aliphatic carbocycles. The Morgan fingerprint density at radius 1 is 1.83 bits per heavy atom. The Hall–Kier alpha value is -0.0705. The molecule has 0 fully saturated rings. The van der Waals surface area contributed by atoms with Gasteiger partial charge in [0.05, 0.1) is 0 Å². The Bertz CT molecular complexity index is 111. The van der Waals surface area contributed by atoms with E-state index in [1.165, 1.54) is 5.56 Å². The van der Waals surface area contributed by atoms with Gasteiger partial charge in [-0.05, 0) is 0 Å². The molecule has 0 aliphatic heterocycles. The van der Waals surface area contributed by atoms with Crippen LogP contribution in [0.3, 0.4) is 0 Å². The minimum absolute atomic E-state index is 0.448. The van der Waals surface area contributed by atoms with Gasteiger partial charge in [-0.15, -0.1) is 0 Å². The molecule has 0 radical (unpaired) electrons. The maximum atomic E-state index is 4.01. The van der Waals surface area contributed by atoms with Crippen LogP contribution in [0.5, 0.6) is 0 Å². The molecule has 32 valence electrons. The Morgan fingerprint density at radius 2 is 2.67 bits per heavy atom. The number of aryl methyl sites for hydroxylation is 1. The third kappa shape index (κ3) is 0.702. The van der Waals surface area contributed by atoms with Crippen LogP contribution in [0.4, 0.5) is 0 Å². The summed E-state index contributed by atoms with van der Waals surface area (Å²) in [6.07, 6.45) is 1.92. The second-order valence-corrected chi connectivity index (χ2v) is 2.58. The van der Waals surface area contributed by atoms with Crippen molar-refractivity contribution in [1.82, 2.24) is 3.98 Å². The van der Waals surface area contributed by atoms with Crippen LogP contribution in [0.25, 0.3) is 0 Å². The summed E-state index contributed by atoms with van der Waals surface area (Å²) in [4.78, 5) is 2.16. The molecule has 1 heterocycles. The van der Waals surface area contributed by atoms with Gasteiger partial charge >= 0.3 is 42.3 Å². The van der Waals surface area contributed by atoms with E-state index in [0.29, 0.717) is 14.7 Å². The number of aromatic nitrogens is 1. The Morgan fingerprint density at radius 3 is 2.83 bits per heavy atom. The third-order valence-electron chi connectivity index (χ3n) is 0.556. The molecule has 2 heteroatoms.